The van der Waals surface area contributed by atoms with Crippen LogP contribution in [0.1, 0.15) is 5.56 Å². The van der Waals surface area contributed by atoms with Crippen LogP contribution in [0.15, 0.2) is 29.2 Å². The number of nitriles is 1. The molecule has 1 rings (SSSR count). The van der Waals surface area contributed by atoms with E-state index in [1.54, 1.807) is 18.2 Å². The number of hydrogen-bond acceptors (Lipinski definition) is 2. The second-order valence-corrected chi connectivity index (χ2v) is 2.35. The molecule has 0 fully saturated rings. The van der Waals surface area contributed by atoms with Crippen LogP contribution in [-0.4, -0.2) is 0 Å². The number of hydrogen-bond donors (Lipinski definition) is 0. The minimum absolute atomic E-state index is 0. The summed E-state index contributed by atoms with van der Waals surface area (Å²) >= 11 is 0.847. The maximum absolute atomic E-state index is 8.50. The zero-order chi connectivity index (χ0) is 7.40. The van der Waals surface area contributed by atoms with Crippen molar-refractivity contribution in [3.63, 3.8) is 0 Å². The average Bonchev–Trinajstić information content (AvgIpc) is 2.04. The number of benzene rings is 1. The van der Waals surface area contributed by atoms with Gasteiger partial charge in [-0.05, 0) is 12.1 Å². The summed E-state index contributed by atoms with van der Waals surface area (Å²) < 4.78 is 0. The first-order valence-electron chi connectivity index (χ1n) is 2.71. The Kier molecular flexibility index (Phi) is 5.80. The Balaban J connectivity index is 0.000001000. The smallest absolute Gasteiger partial charge is 0.100 e. The van der Waals surface area contributed by atoms with Crippen molar-refractivity contribution in [2.24, 2.45) is 0 Å². The zero-order valence-corrected chi connectivity index (χ0v) is 9.40. The first kappa shape index (κ1) is 11.1. The van der Waals surface area contributed by atoms with Crippen molar-refractivity contribution in [3.8, 4) is 6.07 Å². The van der Waals surface area contributed by atoms with Gasteiger partial charge in [-0.3, -0.25) is 11.9 Å². The minimum Gasteiger partial charge on any atom is -0.617 e. The van der Waals surface area contributed by atoms with Crippen molar-refractivity contribution >= 4 is 11.9 Å². The molecule has 53 valence electrons. The second kappa shape index (κ2) is 5.73. The molecule has 0 aliphatic heterocycles. The van der Waals surface area contributed by atoms with Crippen molar-refractivity contribution in [3.05, 3.63) is 35.0 Å². The van der Waals surface area contributed by atoms with Crippen molar-refractivity contribution in [1.82, 2.24) is 0 Å². The fraction of sp³-hybridized carbons (Fsp3) is 0. The average molecular weight is 238 g/mol. The summed E-state index contributed by atoms with van der Waals surface area (Å²) in [6, 6.07) is 9.08. The molecule has 0 saturated carbocycles. The summed E-state index contributed by atoms with van der Waals surface area (Å²) in [4.78, 5) is 0.713. The van der Waals surface area contributed by atoms with Gasteiger partial charge in [0.2, 0.25) is 0 Å². The van der Waals surface area contributed by atoms with Crippen LogP contribution in [-0.2, 0) is 32.7 Å². The van der Waals surface area contributed by atoms with Gasteiger partial charge in [0.15, 0.2) is 0 Å². The first-order valence-corrected chi connectivity index (χ1v) is 3.53. The van der Waals surface area contributed by atoms with Gasteiger partial charge in [0.25, 0.3) is 0 Å². The molecule has 11 heavy (non-hydrogen) atoms. The Morgan fingerprint density at radius 3 is 2.45 bits per heavy atom. The van der Waals surface area contributed by atoms with Crippen molar-refractivity contribution in [1.29, 1.82) is 5.26 Å². The predicted molar refractivity (Wildman–Crippen MR) is 41.3 cm³/mol. The fourth-order valence-corrected chi connectivity index (χ4v) is 1.02. The Hall–Kier alpha value is 0.124. The summed E-state index contributed by atoms with van der Waals surface area (Å²) in [5.74, 6) is 0. The van der Waals surface area contributed by atoms with Crippen LogP contribution in [0.3, 0.4) is 0 Å². The molecule has 1 aromatic carbocycles. The first-order chi connectivity index (χ1) is 4.88. The molecule has 0 aliphatic carbocycles. The SMILES string of the molecule is N#Cc1ccccc1S[NH-].[Y]. The molecule has 0 unspecified atom stereocenters. The third-order valence-corrected chi connectivity index (χ3v) is 1.69. The normalized spacial score (nSPS) is 8.00. The molecule has 0 amide bonds. The largest absolute Gasteiger partial charge is 0.617 e. The fourth-order valence-electron chi connectivity index (χ4n) is 0.648. The van der Waals surface area contributed by atoms with E-state index in [0.717, 1.165) is 11.9 Å². The van der Waals surface area contributed by atoms with E-state index in [4.69, 9.17) is 10.4 Å². The quantitative estimate of drug-likeness (QED) is 0.706. The molecule has 1 radical (unpaired) electrons. The van der Waals surface area contributed by atoms with E-state index >= 15 is 0 Å². The van der Waals surface area contributed by atoms with Crippen LogP contribution >= 0.6 is 11.9 Å². The van der Waals surface area contributed by atoms with Gasteiger partial charge in [0, 0.05) is 37.6 Å². The summed E-state index contributed by atoms with van der Waals surface area (Å²) in [6.45, 7) is 0. The number of nitrogens with zero attached hydrogens (tertiary/aromatic N) is 1. The minimum atomic E-state index is 0. The van der Waals surface area contributed by atoms with Gasteiger partial charge >= 0.3 is 0 Å². The number of rotatable bonds is 1. The number of nitrogens with one attached hydrogen (secondary N) is 1. The Labute approximate surface area is 95.2 Å². The molecule has 2 nitrogen and oxygen atoms in total. The van der Waals surface area contributed by atoms with Gasteiger partial charge in [-0.2, -0.15) is 5.26 Å². The topological polar surface area (TPSA) is 47.6 Å². The van der Waals surface area contributed by atoms with E-state index in [0.29, 0.717) is 10.5 Å². The van der Waals surface area contributed by atoms with Crippen molar-refractivity contribution in [2.75, 3.05) is 0 Å². The van der Waals surface area contributed by atoms with Gasteiger partial charge in [-0.15, -0.1) is 0 Å². The Morgan fingerprint density at radius 1 is 1.36 bits per heavy atom. The third kappa shape index (κ3) is 2.92. The Morgan fingerprint density at radius 2 is 2.00 bits per heavy atom. The van der Waals surface area contributed by atoms with Gasteiger partial charge in [0.1, 0.15) is 6.07 Å². The monoisotopic (exact) mass is 238 g/mol. The van der Waals surface area contributed by atoms with Gasteiger partial charge in [-0.1, -0.05) is 12.1 Å². The molecule has 1 N–H and O–H groups in total. The molecule has 0 aliphatic rings. The van der Waals surface area contributed by atoms with E-state index in [9.17, 15) is 0 Å². The maximum atomic E-state index is 8.50. The van der Waals surface area contributed by atoms with Gasteiger partial charge < -0.3 is 5.14 Å². The Bertz CT molecular complexity index is 269. The van der Waals surface area contributed by atoms with Crippen molar-refractivity contribution < 1.29 is 32.7 Å². The van der Waals surface area contributed by atoms with E-state index in [2.05, 4.69) is 0 Å². The molecule has 1 aromatic rings. The molecule has 0 aromatic heterocycles. The molecule has 0 spiro atoms. The summed E-state index contributed by atoms with van der Waals surface area (Å²) in [6.07, 6.45) is 0. The van der Waals surface area contributed by atoms with Crippen LogP contribution in [0.5, 0.6) is 0 Å². The van der Waals surface area contributed by atoms with E-state index in [-0.39, 0.29) is 32.7 Å². The van der Waals surface area contributed by atoms with E-state index in [1.807, 2.05) is 12.1 Å². The maximum Gasteiger partial charge on any atom is 0.100 e. The van der Waals surface area contributed by atoms with E-state index in [1.165, 1.54) is 0 Å². The van der Waals surface area contributed by atoms with Crippen LogP contribution in [0.25, 0.3) is 5.14 Å². The molecule has 0 bridgehead atoms. The molecular weight excluding hydrogens is 233 g/mol. The molecule has 0 atom stereocenters. The van der Waals surface area contributed by atoms with Crippen LogP contribution < -0.4 is 0 Å². The van der Waals surface area contributed by atoms with Crippen LogP contribution in [0.4, 0.5) is 0 Å². The molecule has 0 saturated heterocycles. The predicted octanol–water partition coefficient (Wildman–Crippen LogP) is 2.62. The van der Waals surface area contributed by atoms with Gasteiger partial charge in [-0.25, -0.2) is 0 Å². The van der Waals surface area contributed by atoms with Crippen LogP contribution in [0, 0.1) is 11.3 Å². The molecular formula is C7H5N2SY-. The summed E-state index contributed by atoms with van der Waals surface area (Å²) in [5, 5.41) is 15.5. The standard InChI is InChI=1S/C7H5N2S.Y/c8-5-6-3-1-2-4-7(6)10-9;/h1-4,9H;/q-1;. The summed E-state index contributed by atoms with van der Waals surface area (Å²) in [7, 11) is 0. The molecule has 4 heteroatoms. The molecule has 0 heterocycles. The van der Waals surface area contributed by atoms with Gasteiger partial charge in [0.05, 0.1) is 5.56 Å². The zero-order valence-electron chi connectivity index (χ0n) is 5.74. The van der Waals surface area contributed by atoms with Crippen LogP contribution in [0.2, 0.25) is 0 Å². The summed E-state index contributed by atoms with van der Waals surface area (Å²) in [5.41, 5.74) is 0.572. The van der Waals surface area contributed by atoms with Crippen molar-refractivity contribution in [2.45, 2.75) is 4.90 Å². The third-order valence-electron chi connectivity index (χ3n) is 1.12. The second-order valence-electron chi connectivity index (χ2n) is 1.71. The van der Waals surface area contributed by atoms with E-state index < -0.39 is 0 Å².